The van der Waals surface area contributed by atoms with Crippen LogP contribution in [0.5, 0.6) is 0 Å². The van der Waals surface area contributed by atoms with Gasteiger partial charge in [0.05, 0.1) is 11.6 Å². The average molecular weight is 284 g/mol. The average Bonchev–Trinajstić information content (AvgIpc) is 2.45. The Morgan fingerprint density at radius 3 is 2.86 bits per heavy atom. The lowest BCUT2D eigenvalue weighted by Gasteiger charge is -2.36. The molecule has 0 radical (unpaired) electrons. The van der Waals surface area contributed by atoms with Crippen LogP contribution in [0.3, 0.4) is 0 Å². The molecular formula is C18H24N2O. The molecule has 1 atom stereocenters. The van der Waals surface area contributed by atoms with Gasteiger partial charge >= 0.3 is 0 Å². The van der Waals surface area contributed by atoms with Crippen molar-refractivity contribution in [3.63, 3.8) is 0 Å². The zero-order valence-electron chi connectivity index (χ0n) is 12.7. The quantitative estimate of drug-likeness (QED) is 0.885. The predicted octanol–water partition coefficient (Wildman–Crippen LogP) is 3.31. The fraction of sp³-hybridized carbons (Fsp3) is 0.500. The minimum absolute atomic E-state index is 0.200. The molecule has 1 aliphatic carbocycles. The Morgan fingerprint density at radius 2 is 2.05 bits per heavy atom. The minimum atomic E-state index is 0.200. The summed E-state index contributed by atoms with van der Waals surface area (Å²) >= 11 is 0. The largest absolute Gasteiger partial charge is 0.378 e. The summed E-state index contributed by atoms with van der Waals surface area (Å²) < 4.78 is 5.60. The van der Waals surface area contributed by atoms with E-state index in [1.807, 2.05) is 12.1 Å². The molecule has 0 spiro atoms. The van der Waals surface area contributed by atoms with Gasteiger partial charge in [0.2, 0.25) is 0 Å². The van der Waals surface area contributed by atoms with E-state index in [4.69, 9.17) is 15.5 Å². The summed E-state index contributed by atoms with van der Waals surface area (Å²) in [6, 6.07) is 12.7. The SMILES string of the molecule is CCOC1CC(CC(N)Cc2ccc3ccccc3n2)C1. The van der Waals surface area contributed by atoms with Crippen molar-refractivity contribution in [1.82, 2.24) is 4.98 Å². The van der Waals surface area contributed by atoms with Crippen molar-refractivity contribution in [2.45, 2.75) is 44.8 Å². The first kappa shape index (κ1) is 14.5. The maximum atomic E-state index is 6.30. The molecule has 21 heavy (non-hydrogen) atoms. The lowest BCUT2D eigenvalue weighted by atomic mass is 9.78. The van der Waals surface area contributed by atoms with Gasteiger partial charge in [-0.05, 0) is 44.2 Å². The number of pyridine rings is 1. The number of para-hydroxylation sites is 1. The molecular weight excluding hydrogens is 260 g/mol. The lowest BCUT2D eigenvalue weighted by Crippen LogP contribution is -2.36. The highest BCUT2D eigenvalue weighted by atomic mass is 16.5. The Hall–Kier alpha value is -1.45. The van der Waals surface area contributed by atoms with Crippen LogP contribution in [0, 0.1) is 5.92 Å². The molecule has 3 heteroatoms. The standard InChI is InChI=1S/C18H24N2O/c1-2-21-17-10-13(11-17)9-15(19)12-16-8-7-14-5-3-4-6-18(14)20-16/h3-8,13,15,17H,2,9-12,19H2,1H3. The number of nitrogens with zero attached hydrogens (tertiary/aromatic N) is 1. The Bertz CT molecular complexity index is 593. The smallest absolute Gasteiger partial charge is 0.0705 e. The molecule has 1 aliphatic rings. The monoisotopic (exact) mass is 284 g/mol. The summed E-state index contributed by atoms with van der Waals surface area (Å²) in [7, 11) is 0. The van der Waals surface area contributed by atoms with Gasteiger partial charge in [0, 0.05) is 30.1 Å². The summed E-state index contributed by atoms with van der Waals surface area (Å²) in [5.74, 6) is 0.733. The molecule has 0 bridgehead atoms. The van der Waals surface area contributed by atoms with Crippen LogP contribution in [0.4, 0.5) is 0 Å². The summed E-state index contributed by atoms with van der Waals surface area (Å²) in [5.41, 5.74) is 8.46. The number of fused-ring (bicyclic) bond motifs is 1. The van der Waals surface area contributed by atoms with E-state index in [2.05, 4.69) is 31.2 Å². The first-order valence-corrected chi connectivity index (χ1v) is 7.96. The molecule has 2 N–H and O–H groups in total. The van der Waals surface area contributed by atoms with Crippen LogP contribution in [0.25, 0.3) is 10.9 Å². The van der Waals surface area contributed by atoms with Crippen LogP contribution in [0.2, 0.25) is 0 Å². The number of rotatable bonds is 6. The van der Waals surface area contributed by atoms with E-state index in [1.165, 1.54) is 18.2 Å². The van der Waals surface area contributed by atoms with Crippen molar-refractivity contribution in [2.24, 2.45) is 11.7 Å². The highest BCUT2D eigenvalue weighted by Gasteiger charge is 2.30. The number of hydrogen-bond acceptors (Lipinski definition) is 3. The highest BCUT2D eigenvalue weighted by molar-refractivity contribution is 5.78. The van der Waals surface area contributed by atoms with Gasteiger partial charge in [-0.15, -0.1) is 0 Å². The number of ether oxygens (including phenoxy) is 1. The third kappa shape index (κ3) is 3.60. The van der Waals surface area contributed by atoms with Crippen molar-refractivity contribution in [2.75, 3.05) is 6.61 Å². The molecule has 0 saturated heterocycles. The molecule has 1 fully saturated rings. The normalized spacial score (nSPS) is 23.0. The van der Waals surface area contributed by atoms with E-state index in [-0.39, 0.29) is 6.04 Å². The van der Waals surface area contributed by atoms with Crippen molar-refractivity contribution >= 4 is 10.9 Å². The summed E-state index contributed by atoms with van der Waals surface area (Å²) in [4.78, 5) is 4.71. The number of aromatic nitrogens is 1. The van der Waals surface area contributed by atoms with Gasteiger partial charge in [0.25, 0.3) is 0 Å². The molecule has 112 valence electrons. The number of benzene rings is 1. The van der Waals surface area contributed by atoms with Crippen LogP contribution < -0.4 is 5.73 Å². The second-order valence-electron chi connectivity index (χ2n) is 6.11. The first-order chi connectivity index (χ1) is 10.2. The predicted molar refractivity (Wildman–Crippen MR) is 86.2 cm³/mol. The maximum Gasteiger partial charge on any atom is 0.0705 e. The number of nitrogens with two attached hydrogens (primary N) is 1. The van der Waals surface area contributed by atoms with Crippen LogP contribution in [-0.2, 0) is 11.2 Å². The van der Waals surface area contributed by atoms with Gasteiger partial charge in [-0.1, -0.05) is 24.3 Å². The van der Waals surface area contributed by atoms with E-state index in [0.29, 0.717) is 6.10 Å². The third-order valence-electron chi connectivity index (χ3n) is 4.36. The second kappa shape index (κ2) is 6.54. The molecule has 1 aromatic heterocycles. The van der Waals surface area contributed by atoms with Crippen molar-refractivity contribution in [3.8, 4) is 0 Å². The highest BCUT2D eigenvalue weighted by Crippen LogP contribution is 2.33. The minimum Gasteiger partial charge on any atom is -0.378 e. The fourth-order valence-corrected chi connectivity index (χ4v) is 3.24. The van der Waals surface area contributed by atoms with Gasteiger partial charge in [-0.25, -0.2) is 0 Å². The molecule has 1 saturated carbocycles. The van der Waals surface area contributed by atoms with Crippen molar-refractivity contribution < 1.29 is 4.74 Å². The molecule has 1 heterocycles. The van der Waals surface area contributed by atoms with Gasteiger partial charge in [-0.3, -0.25) is 4.98 Å². The number of hydrogen-bond donors (Lipinski definition) is 1. The topological polar surface area (TPSA) is 48.1 Å². The van der Waals surface area contributed by atoms with Gasteiger partial charge in [-0.2, -0.15) is 0 Å². The molecule has 2 aromatic rings. The van der Waals surface area contributed by atoms with Crippen LogP contribution in [0.1, 0.15) is 31.9 Å². The zero-order chi connectivity index (χ0) is 14.7. The van der Waals surface area contributed by atoms with Crippen molar-refractivity contribution in [1.29, 1.82) is 0 Å². The zero-order valence-corrected chi connectivity index (χ0v) is 12.7. The van der Waals surface area contributed by atoms with Gasteiger partial charge in [0.15, 0.2) is 0 Å². The van der Waals surface area contributed by atoms with E-state index in [0.717, 1.165) is 36.6 Å². The van der Waals surface area contributed by atoms with Gasteiger partial charge < -0.3 is 10.5 Å². The third-order valence-corrected chi connectivity index (χ3v) is 4.36. The van der Waals surface area contributed by atoms with Crippen LogP contribution in [-0.4, -0.2) is 23.7 Å². The summed E-state index contributed by atoms with van der Waals surface area (Å²) in [6.07, 6.45) is 4.77. The van der Waals surface area contributed by atoms with E-state index in [9.17, 15) is 0 Å². The lowest BCUT2D eigenvalue weighted by molar-refractivity contribution is -0.0281. The molecule has 0 aliphatic heterocycles. The van der Waals surface area contributed by atoms with Crippen LogP contribution >= 0.6 is 0 Å². The van der Waals surface area contributed by atoms with E-state index < -0.39 is 0 Å². The van der Waals surface area contributed by atoms with Crippen LogP contribution in [0.15, 0.2) is 36.4 Å². The fourth-order valence-electron chi connectivity index (χ4n) is 3.24. The van der Waals surface area contributed by atoms with E-state index in [1.54, 1.807) is 0 Å². The Kier molecular flexibility index (Phi) is 4.51. The molecule has 1 aromatic carbocycles. The Balaban J connectivity index is 1.53. The first-order valence-electron chi connectivity index (χ1n) is 7.96. The summed E-state index contributed by atoms with van der Waals surface area (Å²) in [6.45, 7) is 2.88. The molecule has 3 rings (SSSR count). The molecule has 0 amide bonds. The molecule has 3 nitrogen and oxygen atoms in total. The van der Waals surface area contributed by atoms with E-state index >= 15 is 0 Å². The second-order valence-corrected chi connectivity index (χ2v) is 6.11. The Morgan fingerprint density at radius 1 is 1.24 bits per heavy atom. The molecule has 1 unspecified atom stereocenters. The van der Waals surface area contributed by atoms with Crippen molar-refractivity contribution in [3.05, 3.63) is 42.1 Å². The maximum absolute atomic E-state index is 6.30. The summed E-state index contributed by atoms with van der Waals surface area (Å²) in [5, 5.41) is 1.19. The van der Waals surface area contributed by atoms with Gasteiger partial charge in [0.1, 0.15) is 0 Å². The Labute approximate surface area is 126 Å².